The Kier molecular flexibility index (Phi) is 5.81. The first-order valence-corrected chi connectivity index (χ1v) is 10.4. The second-order valence-corrected chi connectivity index (χ2v) is 7.61. The first kappa shape index (κ1) is 19.1. The van der Waals surface area contributed by atoms with Crippen LogP contribution >= 0.6 is 11.8 Å². The van der Waals surface area contributed by atoms with Gasteiger partial charge in [-0.3, -0.25) is 20.0 Å². The van der Waals surface area contributed by atoms with Crippen molar-refractivity contribution in [2.24, 2.45) is 0 Å². The number of thioether (sulfide) groups is 1. The molecule has 3 aromatic rings. The second-order valence-electron chi connectivity index (χ2n) is 6.59. The van der Waals surface area contributed by atoms with Crippen LogP contribution in [-0.2, 0) is 9.59 Å². The number of amides is 2. The van der Waals surface area contributed by atoms with Gasteiger partial charge in [-0.2, -0.15) is 0 Å². The summed E-state index contributed by atoms with van der Waals surface area (Å²) in [5.41, 5.74) is 5.59. The molecule has 3 aromatic carbocycles. The monoisotopic (exact) mass is 403 g/mol. The number of para-hydroxylation sites is 3. The molecule has 6 heteroatoms. The van der Waals surface area contributed by atoms with Crippen LogP contribution in [0.4, 0.5) is 17.1 Å². The molecule has 0 radical (unpaired) electrons. The standard InChI is InChI=1S/C23H21N3O2S/c27-22(15-16-25-20-13-7-8-14-21(20)29-17-23(25)28)24-26(18-9-3-1-4-10-18)19-11-5-2-6-12-19/h1-14H,15-17H2,(H,24,27). The number of benzene rings is 3. The van der Waals surface area contributed by atoms with E-state index in [1.807, 2.05) is 84.9 Å². The van der Waals surface area contributed by atoms with Crippen LogP contribution in [-0.4, -0.2) is 24.1 Å². The Hall–Kier alpha value is -3.25. The molecule has 0 fully saturated rings. The molecule has 1 heterocycles. The third-order valence-corrected chi connectivity index (χ3v) is 5.68. The molecule has 0 saturated heterocycles. The van der Waals surface area contributed by atoms with E-state index in [2.05, 4.69) is 5.43 Å². The summed E-state index contributed by atoms with van der Waals surface area (Å²) in [7, 11) is 0. The zero-order valence-electron chi connectivity index (χ0n) is 15.8. The van der Waals surface area contributed by atoms with Crippen molar-refractivity contribution < 1.29 is 9.59 Å². The molecular weight excluding hydrogens is 382 g/mol. The number of rotatable bonds is 6. The fourth-order valence-corrected chi connectivity index (χ4v) is 4.16. The van der Waals surface area contributed by atoms with Crippen molar-refractivity contribution in [3.63, 3.8) is 0 Å². The van der Waals surface area contributed by atoms with E-state index in [0.29, 0.717) is 12.3 Å². The number of fused-ring (bicyclic) bond motifs is 1. The van der Waals surface area contributed by atoms with Crippen molar-refractivity contribution in [3.8, 4) is 0 Å². The molecule has 0 saturated carbocycles. The first-order valence-electron chi connectivity index (χ1n) is 9.44. The average Bonchev–Trinajstić information content (AvgIpc) is 2.78. The van der Waals surface area contributed by atoms with Crippen molar-refractivity contribution in [1.29, 1.82) is 0 Å². The average molecular weight is 404 g/mol. The minimum atomic E-state index is -0.152. The zero-order valence-corrected chi connectivity index (χ0v) is 16.6. The van der Waals surface area contributed by atoms with Gasteiger partial charge >= 0.3 is 0 Å². The lowest BCUT2D eigenvalue weighted by Crippen LogP contribution is -2.42. The number of nitrogens with one attached hydrogen (secondary N) is 1. The van der Waals surface area contributed by atoms with E-state index in [1.54, 1.807) is 21.7 Å². The second kappa shape index (κ2) is 8.84. The van der Waals surface area contributed by atoms with Gasteiger partial charge in [0.1, 0.15) is 0 Å². The van der Waals surface area contributed by atoms with Crippen molar-refractivity contribution in [2.75, 3.05) is 22.2 Å². The summed E-state index contributed by atoms with van der Waals surface area (Å²) in [6.07, 6.45) is 0.209. The molecule has 1 aliphatic heterocycles. The SMILES string of the molecule is O=C(CCN1C(=O)CSc2ccccc21)NN(c1ccccc1)c1ccccc1. The summed E-state index contributed by atoms with van der Waals surface area (Å²) in [5, 5.41) is 1.77. The molecule has 146 valence electrons. The van der Waals surface area contributed by atoms with Crippen LogP contribution in [0.1, 0.15) is 6.42 Å². The highest BCUT2D eigenvalue weighted by Gasteiger charge is 2.25. The van der Waals surface area contributed by atoms with Gasteiger partial charge in [0.2, 0.25) is 11.8 Å². The van der Waals surface area contributed by atoms with E-state index < -0.39 is 0 Å². The molecule has 2 amide bonds. The number of anilines is 3. The van der Waals surface area contributed by atoms with Gasteiger partial charge in [-0.05, 0) is 36.4 Å². The van der Waals surface area contributed by atoms with Crippen LogP contribution in [0.15, 0.2) is 89.8 Å². The largest absolute Gasteiger partial charge is 0.310 e. The van der Waals surface area contributed by atoms with Gasteiger partial charge in [-0.25, -0.2) is 0 Å². The van der Waals surface area contributed by atoms with Crippen LogP contribution in [0.3, 0.4) is 0 Å². The summed E-state index contributed by atoms with van der Waals surface area (Å²) >= 11 is 1.54. The van der Waals surface area contributed by atoms with Crippen molar-refractivity contribution in [2.45, 2.75) is 11.3 Å². The fourth-order valence-electron chi connectivity index (χ4n) is 3.23. The van der Waals surface area contributed by atoms with Crippen LogP contribution in [0.2, 0.25) is 0 Å². The summed E-state index contributed by atoms with van der Waals surface area (Å²) in [5.74, 6) is 0.282. The lowest BCUT2D eigenvalue weighted by atomic mass is 10.2. The van der Waals surface area contributed by atoms with Crippen LogP contribution in [0, 0.1) is 0 Å². The van der Waals surface area contributed by atoms with Gasteiger partial charge in [-0.1, -0.05) is 48.5 Å². The maximum absolute atomic E-state index is 12.8. The normalized spacial score (nSPS) is 13.0. The van der Waals surface area contributed by atoms with Crippen molar-refractivity contribution >= 4 is 40.6 Å². The van der Waals surface area contributed by atoms with E-state index in [1.165, 1.54) is 0 Å². The molecule has 0 atom stereocenters. The Bertz CT molecular complexity index is 956. The molecule has 1 N–H and O–H groups in total. The number of nitrogens with zero attached hydrogens (tertiary/aromatic N) is 2. The smallest absolute Gasteiger partial charge is 0.240 e. The Morgan fingerprint density at radius 2 is 1.48 bits per heavy atom. The molecule has 4 rings (SSSR count). The third kappa shape index (κ3) is 4.43. The maximum Gasteiger partial charge on any atom is 0.240 e. The Morgan fingerprint density at radius 1 is 0.897 bits per heavy atom. The predicted molar refractivity (Wildman–Crippen MR) is 117 cm³/mol. The third-order valence-electron chi connectivity index (χ3n) is 4.64. The molecule has 0 aliphatic carbocycles. The predicted octanol–water partition coefficient (Wildman–Crippen LogP) is 4.38. The van der Waals surface area contributed by atoms with Crippen LogP contribution in [0.25, 0.3) is 0 Å². The Balaban J connectivity index is 1.47. The zero-order chi connectivity index (χ0) is 20.1. The number of carbonyl (C=O) groups excluding carboxylic acids is 2. The molecule has 0 aromatic heterocycles. The molecule has 0 bridgehead atoms. The maximum atomic E-state index is 12.8. The topological polar surface area (TPSA) is 52.7 Å². The van der Waals surface area contributed by atoms with Crippen LogP contribution in [0.5, 0.6) is 0 Å². The highest BCUT2D eigenvalue weighted by atomic mass is 32.2. The van der Waals surface area contributed by atoms with E-state index in [-0.39, 0.29) is 18.2 Å². The van der Waals surface area contributed by atoms with Gasteiger partial charge in [0.15, 0.2) is 0 Å². The molecule has 0 spiro atoms. The van der Waals surface area contributed by atoms with Gasteiger partial charge in [0.05, 0.1) is 22.8 Å². The van der Waals surface area contributed by atoms with E-state index >= 15 is 0 Å². The molecule has 29 heavy (non-hydrogen) atoms. The number of hydrogen-bond donors (Lipinski definition) is 1. The first-order chi connectivity index (χ1) is 14.2. The highest BCUT2D eigenvalue weighted by molar-refractivity contribution is 8.00. The summed E-state index contributed by atoms with van der Waals surface area (Å²) in [4.78, 5) is 27.9. The lowest BCUT2D eigenvalue weighted by molar-refractivity contribution is -0.121. The summed E-state index contributed by atoms with van der Waals surface area (Å²) in [6, 6.07) is 27.2. The molecular formula is C23H21N3O2S. The number of hydrazine groups is 1. The fraction of sp³-hybridized carbons (Fsp3) is 0.130. The minimum absolute atomic E-state index is 0.0319. The minimum Gasteiger partial charge on any atom is -0.310 e. The molecule has 1 aliphatic rings. The number of carbonyl (C=O) groups is 2. The summed E-state index contributed by atoms with van der Waals surface area (Å²) < 4.78 is 0. The van der Waals surface area contributed by atoms with Crippen molar-refractivity contribution in [3.05, 3.63) is 84.9 Å². The quantitative estimate of drug-likeness (QED) is 0.621. The van der Waals surface area contributed by atoms with Crippen LogP contribution < -0.4 is 15.3 Å². The molecule has 0 unspecified atom stereocenters. The van der Waals surface area contributed by atoms with Gasteiger partial charge in [0, 0.05) is 17.9 Å². The van der Waals surface area contributed by atoms with Gasteiger partial charge in [0.25, 0.3) is 0 Å². The molecule has 5 nitrogen and oxygen atoms in total. The highest BCUT2D eigenvalue weighted by Crippen LogP contribution is 2.34. The van der Waals surface area contributed by atoms with Crippen molar-refractivity contribution in [1.82, 2.24) is 5.43 Å². The Morgan fingerprint density at radius 3 is 2.14 bits per heavy atom. The summed E-state index contributed by atoms with van der Waals surface area (Å²) in [6.45, 7) is 0.347. The number of hydrogen-bond acceptors (Lipinski definition) is 4. The van der Waals surface area contributed by atoms with E-state index in [9.17, 15) is 9.59 Å². The van der Waals surface area contributed by atoms with Gasteiger partial charge in [-0.15, -0.1) is 11.8 Å². The van der Waals surface area contributed by atoms with E-state index in [0.717, 1.165) is 22.0 Å². The lowest BCUT2D eigenvalue weighted by Gasteiger charge is -2.29. The Labute approximate surface area is 174 Å². The van der Waals surface area contributed by atoms with Gasteiger partial charge < -0.3 is 4.90 Å². The van der Waals surface area contributed by atoms with E-state index in [4.69, 9.17) is 0 Å².